The molecule has 0 bridgehead atoms. The average Bonchev–Trinajstić information content (AvgIpc) is 2.40. The zero-order valence-electron chi connectivity index (χ0n) is 9.84. The summed E-state index contributed by atoms with van der Waals surface area (Å²) in [5.74, 6) is -0.619. The lowest BCUT2D eigenvalue weighted by molar-refractivity contribution is -0.385. The minimum Gasteiger partial charge on any atom is -0.321 e. The molecule has 102 valence electrons. The largest absolute Gasteiger partial charge is 0.321 e. The van der Waals surface area contributed by atoms with E-state index in [1.807, 2.05) is 0 Å². The minimum atomic E-state index is -0.682. The van der Waals surface area contributed by atoms with Crippen LogP contribution in [0.2, 0.25) is 5.02 Å². The zero-order valence-corrected chi connectivity index (χ0v) is 12.2. The molecule has 1 N–H and O–H groups in total. The Morgan fingerprint density at radius 1 is 1.40 bits per heavy atom. The maximum atomic E-state index is 12.1. The van der Waals surface area contributed by atoms with Crippen LogP contribution < -0.4 is 5.32 Å². The van der Waals surface area contributed by atoms with E-state index in [2.05, 4.69) is 26.2 Å². The number of halogens is 2. The molecule has 2 aromatic rings. The maximum Gasteiger partial charge on any atom is 0.300 e. The Kier molecular flexibility index (Phi) is 4.31. The molecular weight excluding hydrogens is 350 g/mol. The number of aromatic nitrogens is 1. The number of carbonyl (C=O) groups is 1. The number of benzene rings is 1. The van der Waals surface area contributed by atoms with Gasteiger partial charge in [-0.2, -0.15) is 0 Å². The molecule has 0 aliphatic carbocycles. The fourth-order valence-electron chi connectivity index (χ4n) is 1.55. The third-order valence-corrected chi connectivity index (χ3v) is 3.37. The highest BCUT2D eigenvalue weighted by Gasteiger charge is 2.23. The molecule has 20 heavy (non-hydrogen) atoms. The van der Waals surface area contributed by atoms with E-state index < -0.39 is 16.5 Å². The Hall–Kier alpha value is -1.99. The fourth-order valence-corrected chi connectivity index (χ4v) is 2.14. The van der Waals surface area contributed by atoms with Crippen LogP contribution in [0.5, 0.6) is 0 Å². The molecule has 1 aromatic heterocycles. The summed E-state index contributed by atoms with van der Waals surface area (Å²) < 4.78 is 0.568. The zero-order chi connectivity index (χ0) is 14.7. The SMILES string of the molecule is O=C(Nc1ccncc1Br)c1cccc(Cl)c1[N+](=O)[O-]. The van der Waals surface area contributed by atoms with Crippen LogP contribution in [-0.4, -0.2) is 15.8 Å². The number of rotatable bonds is 3. The molecule has 0 aliphatic heterocycles. The topological polar surface area (TPSA) is 85.1 Å². The third-order valence-electron chi connectivity index (χ3n) is 2.43. The number of nitro benzene ring substituents is 1. The van der Waals surface area contributed by atoms with Crippen molar-refractivity contribution in [2.24, 2.45) is 0 Å². The molecular formula is C12H7BrClN3O3. The number of para-hydroxylation sites is 1. The van der Waals surface area contributed by atoms with Crippen LogP contribution in [0.4, 0.5) is 11.4 Å². The molecule has 0 saturated carbocycles. The van der Waals surface area contributed by atoms with Crippen molar-refractivity contribution >= 4 is 44.8 Å². The lowest BCUT2D eigenvalue weighted by Gasteiger charge is -2.07. The summed E-state index contributed by atoms with van der Waals surface area (Å²) in [6, 6.07) is 5.75. The number of nitrogens with zero attached hydrogens (tertiary/aromatic N) is 2. The highest BCUT2D eigenvalue weighted by Crippen LogP contribution is 2.29. The van der Waals surface area contributed by atoms with Crippen LogP contribution in [0, 0.1) is 10.1 Å². The number of carbonyl (C=O) groups excluding carboxylic acids is 1. The van der Waals surface area contributed by atoms with Crippen molar-refractivity contribution < 1.29 is 9.72 Å². The van der Waals surface area contributed by atoms with Crippen molar-refractivity contribution in [2.75, 3.05) is 5.32 Å². The second-order valence-electron chi connectivity index (χ2n) is 3.70. The number of nitro groups is 1. The molecule has 0 radical (unpaired) electrons. The first-order chi connectivity index (χ1) is 9.50. The van der Waals surface area contributed by atoms with Gasteiger partial charge in [0.05, 0.1) is 15.1 Å². The van der Waals surface area contributed by atoms with Crippen LogP contribution in [0.3, 0.4) is 0 Å². The number of hydrogen-bond donors (Lipinski definition) is 1. The predicted octanol–water partition coefficient (Wildman–Crippen LogP) is 3.66. The number of nitrogens with one attached hydrogen (secondary N) is 1. The van der Waals surface area contributed by atoms with Crippen molar-refractivity contribution in [2.45, 2.75) is 0 Å². The standard InChI is InChI=1S/C12H7BrClN3O3/c13-8-6-15-5-4-10(8)16-12(18)7-2-1-3-9(14)11(7)17(19)20/h1-6H,(H,15,16,18). The quantitative estimate of drug-likeness (QED) is 0.672. The second-order valence-corrected chi connectivity index (χ2v) is 4.96. The normalized spacial score (nSPS) is 10.1. The Balaban J connectivity index is 2.38. The molecule has 0 fully saturated rings. The maximum absolute atomic E-state index is 12.1. The van der Waals surface area contributed by atoms with E-state index in [1.54, 1.807) is 6.07 Å². The van der Waals surface area contributed by atoms with Crippen molar-refractivity contribution in [3.8, 4) is 0 Å². The van der Waals surface area contributed by atoms with Gasteiger partial charge in [0.25, 0.3) is 5.91 Å². The lowest BCUT2D eigenvalue weighted by Crippen LogP contribution is -2.14. The number of anilines is 1. The summed E-state index contributed by atoms with van der Waals surface area (Å²) in [7, 11) is 0. The Morgan fingerprint density at radius 2 is 2.15 bits per heavy atom. The number of pyridine rings is 1. The van der Waals surface area contributed by atoms with Gasteiger partial charge in [0.1, 0.15) is 10.6 Å². The van der Waals surface area contributed by atoms with Gasteiger partial charge in [-0.25, -0.2) is 0 Å². The fraction of sp³-hybridized carbons (Fsp3) is 0. The van der Waals surface area contributed by atoms with Gasteiger partial charge in [-0.3, -0.25) is 19.9 Å². The number of amides is 1. The average molecular weight is 357 g/mol. The Bertz CT molecular complexity index is 693. The molecule has 2 rings (SSSR count). The van der Waals surface area contributed by atoms with Crippen LogP contribution in [0.15, 0.2) is 41.1 Å². The van der Waals surface area contributed by atoms with E-state index in [1.165, 1.54) is 30.6 Å². The van der Waals surface area contributed by atoms with E-state index in [0.717, 1.165) is 0 Å². The van der Waals surface area contributed by atoms with Crippen LogP contribution >= 0.6 is 27.5 Å². The molecule has 0 aliphatic rings. The minimum absolute atomic E-state index is 0.0866. The summed E-state index contributed by atoms with van der Waals surface area (Å²) >= 11 is 8.98. The molecule has 0 saturated heterocycles. The van der Waals surface area contributed by atoms with Crippen molar-refractivity contribution in [3.63, 3.8) is 0 Å². The smallest absolute Gasteiger partial charge is 0.300 e. The van der Waals surface area contributed by atoms with Crippen LogP contribution in [0.25, 0.3) is 0 Å². The van der Waals surface area contributed by atoms with Gasteiger partial charge in [0.2, 0.25) is 0 Å². The third kappa shape index (κ3) is 2.94. The Labute approximate surface area is 127 Å². The molecule has 6 nitrogen and oxygen atoms in total. The van der Waals surface area contributed by atoms with E-state index in [-0.39, 0.29) is 10.6 Å². The first kappa shape index (κ1) is 14.4. The summed E-state index contributed by atoms with van der Waals surface area (Å²) in [6.07, 6.45) is 2.99. The molecule has 1 amide bonds. The summed E-state index contributed by atoms with van der Waals surface area (Å²) in [6.45, 7) is 0. The van der Waals surface area contributed by atoms with Gasteiger partial charge in [0, 0.05) is 12.4 Å². The molecule has 1 heterocycles. The molecule has 0 spiro atoms. The Morgan fingerprint density at radius 3 is 2.80 bits per heavy atom. The first-order valence-corrected chi connectivity index (χ1v) is 6.51. The van der Waals surface area contributed by atoms with Crippen molar-refractivity contribution in [3.05, 3.63) is 61.8 Å². The van der Waals surface area contributed by atoms with E-state index in [0.29, 0.717) is 10.2 Å². The summed E-state index contributed by atoms with van der Waals surface area (Å²) in [5.41, 5.74) is -0.0673. The van der Waals surface area contributed by atoms with Gasteiger partial charge in [-0.15, -0.1) is 0 Å². The first-order valence-electron chi connectivity index (χ1n) is 5.34. The van der Waals surface area contributed by atoms with Crippen molar-refractivity contribution in [1.82, 2.24) is 4.98 Å². The van der Waals surface area contributed by atoms with E-state index >= 15 is 0 Å². The second kappa shape index (κ2) is 5.98. The monoisotopic (exact) mass is 355 g/mol. The molecule has 0 unspecified atom stereocenters. The molecule has 0 atom stereocenters. The summed E-state index contributed by atoms with van der Waals surface area (Å²) in [5, 5.41) is 13.5. The molecule has 1 aromatic carbocycles. The molecule has 8 heteroatoms. The summed E-state index contributed by atoms with van der Waals surface area (Å²) in [4.78, 5) is 26.3. The van der Waals surface area contributed by atoms with Gasteiger partial charge in [0.15, 0.2) is 0 Å². The van der Waals surface area contributed by atoms with Gasteiger partial charge in [-0.05, 0) is 34.1 Å². The predicted molar refractivity (Wildman–Crippen MR) is 78.0 cm³/mol. The van der Waals surface area contributed by atoms with Crippen molar-refractivity contribution in [1.29, 1.82) is 0 Å². The highest BCUT2D eigenvalue weighted by atomic mass is 79.9. The van der Waals surface area contributed by atoms with Gasteiger partial charge < -0.3 is 5.32 Å². The number of hydrogen-bond acceptors (Lipinski definition) is 4. The van der Waals surface area contributed by atoms with Gasteiger partial charge in [-0.1, -0.05) is 17.7 Å². The lowest BCUT2D eigenvalue weighted by atomic mass is 10.1. The highest BCUT2D eigenvalue weighted by molar-refractivity contribution is 9.10. The van der Waals surface area contributed by atoms with Crippen LogP contribution in [-0.2, 0) is 0 Å². The van der Waals surface area contributed by atoms with E-state index in [9.17, 15) is 14.9 Å². The van der Waals surface area contributed by atoms with Crippen LogP contribution in [0.1, 0.15) is 10.4 Å². The van der Waals surface area contributed by atoms with Gasteiger partial charge >= 0.3 is 5.69 Å². The van der Waals surface area contributed by atoms with E-state index in [4.69, 9.17) is 11.6 Å².